The molecule has 0 aliphatic heterocycles. The number of hydrogen-bond acceptors (Lipinski definition) is 4. The molecule has 0 saturated heterocycles. The molecular weight excluding hydrogens is 180 g/mol. The lowest BCUT2D eigenvalue weighted by Gasteiger charge is -2.25. The van der Waals surface area contributed by atoms with Crippen molar-refractivity contribution in [3.63, 3.8) is 0 Å². The number of esters is 1. The average molecular weight is 194 g/mol. The van der Waals surface area contributed by atoms with Gasteiger partial charge < -0.3 is 4.74 Å². The zero-order valence-corrected chi connectivity index (χ0v) is 8.28. The second kappa shape index (κ2) is 4.21. The Balaban J connectivity index is 3.08. The van der Waals surface area contributed by atoms with E-state index in [0.29, 0.717) is 0 Å². The highest BCUT2D eigenvalue weighted by Gasteiger charge is 2.34. The van der Waals surface area contributed by atoms with Gasteiger partial charge in [0.15, 0.2) is 5.54 Å². The van der Waals surface area contributed by atoms with E-state index in [2.05, 4.69) is 10.2 Å². The standard InChI is InChI=1S/C10H14N2O2/c1-10(12-11,9(13)14-2)8-6-4-3-5-7-8/h3-7,12H,11H2,1-2H3. The fraction of sp³-hybridized carbons (Fsp3) is 0.300. The summed E-state index contributed by atoms with van der Waals surface area (Å²) in [5.74, 6) is 4.95. The van der Waals surface area contributed by atoms with Crippen LogP contribution in [0, 0.1) is 0 Å². The zero-order valence-electron chi connectivity index (χ0n) is 8.28. The van der Waals surface area contributed by atoms with E-state index in [1.54, 1.807) is 6.92 Å². The molecule has 0 saturated carbocycles. The molecule has 0 heterocycles. The number of ether oxygens (including phenoxy) is 1. The number of rotatable bonds is 3. The predicted molar refractivity (Wildman–Crippen MR) is 53.1 cm³/mol. The summed E-state index contributed by atoms with van der Waals surface area (Å²) in [5, 5.41) is 0. The summed E-state index contributed by atoms with van der Waals surface area (Å²) in [6.07, 6.45) is 0. The minimum absolute atomic E-state index is 0.411. The first-order valence-electron chi connectivity index (χ1n) is 4.27. The maximum Gasteiger partial charge on any atom is 0.331 e. The molecule has 0 amide bonds. The maximum atomic E-state index is 11.5. The van der Waals surface area contributed by atoms with Gasteiger partial charge in [0, 0.05) is 0 Å². The molecule has 0 aliphatic carbocycles. The molecule has 1 rings (SSSR count). The lowest BCUT2D eigenvalue weighted by molar-refractivity contribution is -0.148. The summed E-state index contributed by atoms with van der Waals surface area (Å²) >= 11 is 0. The molecule has 3 N–H and O–H groups in total. The third-order valence-electron chi connectivity index (χ3n) is 2.23. The van der Waals surface area contributed by atoms with Crippen molar-refractivity contribution in [2.45, 2.75) is 12.5 Å². The molecule has 0 radical (unpaired) electrons. The smallest absolute Gasteiger partial charge is 0.331 e. The number of hydrogen-bond donors (Lipinski definition) is 2. The summed E-state index contributed by atoms with van der Waals surface area (Å²) in [7, 11) is 1.33. The van der Waals surface area contributed by atoms with Crippen LogP contribution in [0.25, 0.3) is 0 Å². The van der Waals surface area contributed by atoms with Gasteiger partial charge >= 0.3 is 5.97 Å². The van der Waals surface area contributed by atoms with Gasteiger partial charge in [0.05, 0.1) is 7.11 Å². The van der Waals surface area contributed by atoms with Crippen molar-refractivity contribution in [3.8, 4) is 0 Å². The average Bonchev–Trinajstić information content (AvgIpc) is 2.28. The van der Waals surface area contributed by atoms with Gasteiger partial charge in [-0.25, -0.2) is 10.2 Å². The molecule has 0 aliphatic rings. The van der Waals surface area contributed by atoms with Gasteiger partial charge in [-0.1, -0.05) is 30.3 Å². The number of nitrogens with two attached hydrogens (primary N) is 1. The van der Waals surface area contributed by atoms with Crippen LogP contribution in [-0.4, -0.2) is 13.1 Å². The van der Waals surface area contributed by atoms with Crippen LogP contribution in [0.5, 0.6) is 0 Å². The lowest BCUT2D eigenvalue weighted by atomic mass is 9.93. The molecular formula is C10H14N2O2. The first-order valence-corrected chi connectivity index (χ1v) is 4.27. The zero-order chi connectivity index (χ0) is 10.6. The number of hydrazine groups is 1. The number of nitrogens with one attached hydrogen (secondary N) is 1. The van der Waals surface area contributed by atoms with Crippen LogP contribution in [0.2, 0.25) is 0 Å². The number of methoxy groups -OCH3 is 1. The Hall–Kier alpha value is -1.39. The third-order valence-corrected chi connectivity index (χ3v) is 2.23. The molecule has 1 atom stereocenters. The quantitative estimate of drug-likeness (QED) is 0.419. The summed E-state index contributed by atoms with van der Waals surface area (Å²) in [4.78, 5) is 11.5. The van der Waals surface area contributed by atoms with Crippen LogP contribution in [0.4, 0.5) is 0 Å². The Morgan fingerprint density at radius 2 is 2.00 bits per heavy atom. The van der Waals surface area contributed by atoms with Crippen molar-refractivity contribution in [2.75, 3.05) is 7.11 Å². The molecule has 0 spiro atoms. The van der Waals surface area contributed by atoms with Crippen LogP contribution < -0.4 is 11.3 Å². The highest BCUT2D eigenvalue weighted by molar-refractivity contribution is 5.81. The summed E-state index contributed by atoms with van der Waals surface area (Å²) < 4.78 is 4.68. The van der Waals surface area contributed by atoms with Crippen LogP contribution in [-0.2, 0) is 15.1 Å². The van der Waals surface area contributed by atoms with E-state index in [0.717, 1.165) is 5.56 Å². The van der Waals surface area contributed by atoms with E-state index in [1.807, 2.05) is 30.3 Å². The predicted octanol–water partition coefficient (Wildman–Crippen LogP) is 0.538. The van der Waals surface area contributed by atoms with Gasteiger partial charge in [0.1, 0.15) is 0 Å². The van der Waals surface area contributed by atoms with Gasteiger partial charge in [-0.05, 0) is 12.5 Å². The molecule has 1 aromatic rings. The highest BCUT2D eigenvalue weighted by atomic mass is 16.5. The first-order chi connectivity index (χ1) is 6.65. The molecule has 4 heteroatoms. The van der Waals surface area contributed by atoms with Crippen LogP contribution in [0.1, 0.15) is 12.5 Å². The van der Waals surface area contributed by atoms with Gasteiger partial charge in [-0.15, -0.1) is 0 Å². The Kier molecular flexibility index (Phi) is 3.22. The first kappa shape index (κ1) is 10.7. The maximum absolute atomic E-state index is 11.5. The summed E-state index contributed by atoms with van der Waals surface area (Å²) in [6, 6.07) is 9.19. The van der Waals surface area contributed by atoms with E-state index >= 15 is 0 Å². The van der Waals surface area contributed by atoms with Crippen LogP contribution in [0.3, 0.4) is 0 Å². The van der Waals surface area contributed by atoms with Crippen molar-refractivity contribution < 1.29 is 9.53 Å². The SMILES string of the molecule is COC(=O)C(C)(NN)c1ccccc1. The molecule has 0 aromatic heterocycles. The van der Waals surface area contributed by atoms with Crippen molar-refractivity contribution >= 4 is 5.97 Å². The Morgan fingerprint density at radius 1 is 1.43 bits per heavy atom. The largest absolute Gasteiger partial charge is 0.467 e. The lowest BCUT2D eigenvalue weighted by Crippen LogP contribution is -2.50. The van der Waals surface area contributed by atoms with Crippen molar-refractivity contribution in [1.29, 1.82) is 0 Å². The minimum Gasteiger partial charge on any atom is -0.467 e. The second-order valence-electron chi connectivity index (χ2n) is 3.13. The normalized spacial score (nSPS) is 14.5. The van der Waals surface area contributed by atoms with Crippen molar-refractivity contribution in [3.05, 3.63) is 35.9 Å². The van der Waals surface area contributed by atoms with Crippen molar-refractivity contribution in [2.24, 2.45) is 5.84 Å². The number of benzene rings is 1. The number of carbonyl (C=O) groups excluding carboxylic acids is 1. The topological polar surface area (TPSA) is 64.3 Å². The van der Waals surface area contributed by atoms with E-state index < -0.39 is 11.5 Å². The number of carbonyl (C=O) groups is 1. The van der Waals surface area contributed by atoms with Gasteiger partial charge in [-0.2, -0.15) is 0 Å². The fourth-order valence-corrected chi connectivity index (χ4v) is 1.24. The van der Waals surface area contributed by atoms with E-state index in [1.165, 1.54) is 7.11 Å². The van der Waals surface area contributed by atoms with E-state index in [-0.39, 0.29) is 0 Å². The third kappa shape index (κ3) is 1.76. The van der Waals surface area contributed by atoms with Crippen LogP contribution >= 0.6 is 0 Å². The Labute approximate surface area is 83.0 Å². The van der Waals surface area contributed by atoms with E-state index in [4.69, 9.17) is 5.84 Å². The second-order valence-corrected chi connectivity index (χ2v) is 3.13. The Bertz CT molecular complexity index is 313. The highest BCUT2D eigenvalue weighted by Crippen LogP contribution is 2.20. The molecule has 4 nitrogen and oxygen atoms in total. The molecule has 1 aromatic carbocycles. The monoisotopic (exact) mass is 194 g/mol. The Morgan fingerprint density at radius 3 is 2.43 bits per heavy atom. The van der Waals surface area contributed by atoms with Crippen molar-refractivity contribution in [1.82, 2.24) is 5.43 Å². The fourth-order valence-electron chi connectivity index (χ4n) is 1.24. The van der Waals surface area contributed by atoms with E-state index in [9.17, 15) is 4.79 Å². The molecule has 76 valence electrons. The molecule has 14 heavy (non-hydrogen) atoms. The minimum atomic E-state index is -0.990. The summed E-state index contributed by atoms with van der Waals surface area (Å²) in [5.41, 5.74) is 2.25. The van der Waals surface area contributed by atoms with Gasteiger partial charge in [0.25, 0.3) is 0 Å². The van der Waals surface area contributed by atoms with Gasteiger partial charge in [-0.3, -0.25) is 5.84 Å². The molecule has 0 fully saturated rings. The summed E-state index contributed by atoms with van der Waals surface area (Å²) in [6.45, 7) is 1.67. The van der Waals surface area contributed by atoms with Gasteiger partial charge in [0.2, 0.25) is 0 Å². The van der Waals surface area contributed by atoms with Crippen LogP contribution in [0.15, 0.2) is 30.3 Å². The molecule has 0 bridgehead atoms. The molecule has 1 unspecified atom stereocenters.